The molecule has 2 amide bonds. The number of piperidine rings is 1. The van der Waals surface area contributed by atoms with Gasteiger partial charge in [-0.25, -0.2) is 9.48 Å². The van der Waals surface area contributed by atoms with E-state index in [1.54, 1.807) is 15.8 Å². The van der Waals surface area contributed by atoms with E-state index in [1.807, 2.05) is 38.2 Å². The number of carbonyl (C=O) groups is 2. The third kappa shape index (κ3) is 3.81. The van der Waals surface area contributed by atoms with Gasteiger partial charge in [-0.2, -0.15) is 5.10 Å². The van der Waals surface area contributed by atoms with Gasteiger partial charge in [0.05, 0.1) is 23.5 Å². The van der Waals surface area contributed by atoms with Gasteiger partial charge in [0.15, 0.2) is 0 Å². The molecule has 1 saturated heterocycles. The molecule has 2 N–H and O–H groups in total. The standard InChI is InChI=1S/C18H22N4O3/c1-12-3-4-16(22-11-13(2)10-19-22)15(9-12)20-18(25)21-7-5-14(6-8-21)17(23)24/h3-4,9-11,14H,5-8H2,1-2H3,(H,20,25)(H,23,24). The molecule has 0 bridgehead atoms. The molecule has 0 radical (unpaired) electrons. The van der Waals surface area contributed by atoms with Crippen LogP contribution in [0.15, 0.2) is 30.6 Å². The summed E-state index contributed by atoms with van der Waals surface area (Å²) in [7, 11) is 0. The molecule has 1 aromatic heterocycles. The van der Waals surface area contributed by atoms with Gasteiger partial charge in [0.2, 0.25) is 0 Å². The van der Waals surface area contributed by atoms with Gasteiger partial charge in [-0.1, -0.05) is 6.07 Å². The Morgan fingerprint density at radius 3 is 2.52 bits per heavy atom. The molecule has 3 rings (SSSR count). The molecule has 0 atom stereocenters. The van der Waals surface area contributed by atoms with Crippen LogP contribution in [0.3, 0.4) is 0 Å². The lowest BCUT2D eigenvalue weighted by molar-refractivity contribution is -0.143. The molecule has 7 heteroatoms. The minimum Gasteiger partial charge on any atom is -0.481 e. The number of hydrogen-bond donors (Lipinski definition) is 2. The molecule has 0 saturated carbocycles. The number of nitrogens with zero attached hydrogens (tertiary/aromatic N) is 3. The number of carboxylic acids is 1. The van der Waals surface area contributed by atoms with E-state index in [0.717, 1.165) is 16.8 Å². The van der Waals surface area contributed by atoms with Crippen LogP contribution in [0.5, 0.6) is 0 Å². The predicted octanol–water partition coefficient (Wildman–Crippen LogP) is 2.82. The molecule has 1 aliphatic heterocycles. The Labute approximate surface area is 146 Å². The number of hydrogen-bond acceptors (Lipinski definition) is 3. The summed E-state index contributed by atoms with van der Waals surface area (Å²) in [6, 6.07) is 5.60. The number of amides is 2. The lowest BCUT2D eigenvalue weighted by Crippen LogP contribution is -2.42. The largest absolute Gasteiger partial charge is 0.481 e. The summed E-state index contributed by atoms with van der Waals surface area (Å²) in [6.07, 6.45) is 4.64. The van der Waals surface area contributed by atoms with Crippen molar-refractivity contribution in [1.82, 2.24) is 14.7 Å². The molecule has 2 aromatic rings. The van der Waals surface area contributed by atoms with Crippen LogP contribution in [-0.4, -0.2) is 44.9 Å². The number of carbonyl (C=O) groups excluding carboxylic acids is 1. The lowest BCUT2D eigenvalue weighted by Gasteiger charge is -2.30. The van der Waals surface area contributed by atoms with E-state index in [4.69, 9.17) is 5.11 Å². The number of urea groups is 1. The quantitative estimate of drug-likeness (QED) is 0.898. The average molecular weight is 342 g/mol. The number of aryl methyl sites for hydroxylation is 2. The van der Waals surface area contributed by atoms with Crippen molar-refractivity contribution in [3.05, 3.63) is 41.7 Å². The first-order valence-electron chi connectivity index (χ1n) is 8.35. The number of likely N-dealkylation sites (tertiary alicyclic amines) is 1. The maximum Gasteiger partial charge on any atom is 0.321 e. The second-order valence-corrected chi connectivity index (χ2v) is 6.51. The summed E-state index contributed by atoms with van der Waals surface area (Å²) in [6.45, 7) is 4.82. The zero-order valence-corrected chi connectivity index (χ0v) is 14.4. The van der Waals surface area contributed by atoms with Crippen molar-refractivity contribution in [3.63, 3.8) is 0 Å². The van der Waals surface area contributed by atoms with E-state index in [1.165, 1.54) is 0 Å². The van der Waals surface area contributed by atoms with Gasteiger partial charge in [-0.05, 0) is 49.9 Å². The molecule has 0 spiro atoms. The second kappa shape index (κ2) is 6.96. The predicted molar refractivity (Wildman–Crippen MR) is 94.0 cm³/mol. The molecule has 0 unspecified atom stereocenters. The van der Waals surface area contributed by atoms with Crippen molar-refractivity contribution in [3.8, 4) is 5.69 Å². The van der Waals surface area contributed by atoms with Crippen LogP contribution in [0.4, 0.5) is 10.5 Å². The summed E-state index contributed by atoms with van der Waals surface area (Å²) in [5.74, 6) is -1.14. The van der Waals surface area contributed by atoms with E-state index < -0.39 is 5.97 Å². The molecule has 25 heavy (non-hydrogen) atoms. The summed E-state index contributed by atoms with van der Waals surface area (Å²) >= 11 is 0. The van der Waals surface area contributed by atoms with Gasteiger partial charge in [-0.15, -0.1) is 0 Å². The van der Waals surface area contributed by atoms with Crippen LogP contribution < -0.4 is 5.32 Å². The second-order valence-electron chi connectivity index (χ2n) is 6.51. The van der Waals surface area contributed by atoms with Crippen molar-refractivity contribution in [2.24, 2.45) is 5.92 Å². The Balaban J connectivity index is 1.75. The van der Waals surface area contributed by atoms with Gasteiger partial charge in [-0.3, -0.25) is 4.79 Å². The molecular formula is C18H22N4O3. The molecule has 1 aliphatic rings. The Morgan fingerprint density at radius 2 is 1.92 bits per heavy atom. The summed E-state index contributed by atoms with van der Waals surface area (Å²) in [5.41, 5.74) is 3.56. The first-order valence-corrected chi connectivity index (χ1v) is 8.35. The number of nitrogens with one attached hydrogen (secondary N) is 1. The van der Waals surface area contributed by atoms with Crippen LogP contribution in [0.25, 0.3) is 5.69 Å². The topological polar surface area (TPSA) is 87.5 Å². The van der Waals surface area contributed by atoms with Crippen LogP contribution >= 0.6 is 0 Å². The lowest BCUT2D eigenvalue weighted by atomic mass is 9.97. The first-order chi connectivity index (χ1) is 11.9. The van der Waals surface area contributed by atoms with Crippen LogP contribution in [0.2, 0.25) is 0 Å². The van der Waals surface area contributed by atoms with Gasteiger partial charge < -0.3 is 15.3 Å². The first kappa shape index (κ1) is 17.0. The zero-order chi connectivity index (χ0) is 18.0. The van der Waals surface area contributed by atoms with Crippen molar-refractivity contribution in [2.45, 2.75) is 26.7 Å². The van der Waals surface area contributed by atoms with Crippen LogP contribution in [0, 0.1) is 19.8 Å². The highest BCUT2D eigenvalue weighted by molar-refractivity contribution is 5.92. The molecule has 2 heterocycles. The van der Waals surface area contributed by atoms with Crippen molar-refractivity contribution < 1.29 is 14.7 Å². The Morgan fingerprint density at radius 1 is 1.20 bits per heavy atom. The highest BCUT2D eigenvalue weighted by Gasteiger charge is 2.27. The number of aliphatic carboxylic acids is 1. The zero-order valence-electron chi connectivity index (χ0n) is 14.4. The number of anilines is 1. The van der Waals surface area contributed by atoms with Crippen molar-refractivity contribution in [2.75, 3.05) is 18.4 Å². The third-order valence-electron chi connectivity index (χ3n) is 4.48. The summed E-state index contributed by atoms with van der Waals surface area (Å²) < 4.78 is 1.74. The highest BCUT2D eigenvalue weighted by atomic mass is 16.4. The normalized spacial score (nSPS) is 15.2. The van der Waals surface area contributed by atoms with E-state index in [-0.39, 0.29) is 11.9 Å². The van der Waals surface area contributed by atoms with Gasteiger partial charge >= 0.3 is 12.0 Å². The number of benzene rings is 1. The Kier molecular flexibility index (Phi) is 4.74. The van der Waals surface area contributed by atoms with Gasteiger partial charge in [0, 0.05) is 19.3 Å². The van der Waals surface area contributed by atoms with Gasteiger partial charge in [0.25, 0.3) is 0 Å². The molecule has 1 fully saturated rings. The van der Waals surface area contributed by atoms with E-state index >= 15 is 0 Å². The van der Waals surface area contributed by atoms with E-state index in [0.29, 0.717) is 31.6 Å². The minimum atomic E-state index is -0.782. The van der Waals surface area contributed by atoms with E-state index in [9.17, 15) is 9.59 Å². The van der Waals surface area contributed by atoms with Gasteiger partial charge in [0.1, 0.15) is 0 Å². The molecule has 7 nitrogen and oxygen atoms in total. The summed E-state index contributed by atoms with van der Waals surface area (Å²) in [5, 5.41) is 16.3. The highest BCUT2D eigenvalue weighted by Crippen LogP contribution is 2.24. The fourth-order valence-electron chi connectivity index (χ4n) is 3.02. The number of aromatic nitrogens is 2. The van der Waals surface area contributed by atoms with Crippen LogP contribution in [0.1, 0.15) is 24.0 Å². The monoisotopic (exact) mass is 342 g/mol. The minimum absolute atomic E-state index is 0.209. The fraction of sp³-hybridized carbons (Fsp3) is 0.389. The SMILES string of the molecule is Cc1ccc(-n2cc(C)cn2)c(NC(=O)N2CCC(C(=O)O)CC2)c1. The Bertz CT molecular complexity index is 791. The number of rotatable bonds is 3. The fourth-order valence-corrected chi connectivity index (χ4v) is 3.02. The number of carboxylic acid groups (broad SMARTS) is 1. The molecule has 1 aromatic carbocycles. The molecule has 0 aliphatic carbocycles. The molecule has 132 valence electrons. The van der Waals surface area contributed by atoms with Crippen molar-refractivity contribution in [1.29, 1.82) is 0 Å². The summed E-state index contributed by atoms with van der Waals surface area (Å²) in [4.78, 5) is 25.3. The smallest absolute Gasteiger partial charge is 0.321 e. The Hall–Kier alpha value is -2.83. The van der Waals surface area contributed by atoms with E-state index in [2.05, 4.69) is 10.4 Å². The van der Waals surface area contributed by atoms with Crippen molar-refractivity contribution >= 4 is 17.7 Å². The maximum atomic E-state index is 12.6. The van der Waals surface area contributed by atoms with Crippen LogP contribution in [-0.2, 0) is 4.79 Å². The third-order valence-corrected chi connectivity index (χ3v) is 4.48. The average Bonchev–Trinajstić information content (AvgIpc) is 3.01. The molecular weight excluding hydrogens is 320 g/mol. The maximum absolute atomic E-state index is 12.6.